The molecule has 1 aromatic heterocycles. The molecule has 1 heterocycles. The molecule has 17 heavy (non-hydrogen) atoms. The first-order valence-electron chi connectivity index (χ1n) is 5.04. The van der Waals surface area contributed by atoms with E-state index in [1.54, 1.807) is 30.5 Å². The third kappa shape index (κ3) is 2.29. The normalized spacial score (nSPS) is 12.1. The monoisotopic (exact) mass is 229 g/mol. The molecule has 3 N–H and O–H groups in total. The van der Waals surface area contributed by atoms with Crippen molar-refractivity contribution in [2.75, 3.05) is 0 Å². The molecule has 0 saturated heterocycles. The van der Waals surface area contributed by atoms with Crippen LogP contribution in [0.4, 0.5) is 0 Å². The summed E-state index contributed by atoms with van der Waals surface area (Å²) in [6.45, 7) is 0. The number of aromatic nitrogens is 2. The third-order valence-corrected chi connectivity index (χ3v) is 2.45. The van der Waals surface area contributed by atoms with Gasteiger partial charge >= 0.3 is 5.97 Å². The summed E-state index contributed by atoms with van der Waals surface area (Å²) in [7, 11) is 0. The van der Waals surface area contributed by atoms with Gasteiger partial charge < -0.3 is 10.8 Å². The molecule has 0 bridgehead atoms. The SMILES string of the molecule is NC(c1ccncn1)c1ccccc1C(=O)O. The second-order valence-electron chi connectivity index (χ2n) is 3.50. The molecule has 0 spiro atoms. The fourth-order valence-electron chi connectivity index (χ4n) is 1.61. The van der Waals surface area contributed by atoms with Crippen molar-refractivity contribution in [2.45, 2.75) is 6.04 Å². The predicted molar refractivity (Wildman–Crippen MR) is 61.5 cm³/mol. The zero-order valence-electron chi connectivity index (χ0n) is 8.95. The van der Waals surface area contributed by atoms with Gasteiger partial charge in [0.15, 0.2) is 0 Å². The Labute approximate surface area is 98.0 Å². The van der Waals surface area contributed by atoms with Gasteiger partial charge in [-0.2, -0.15) is 0 Å². The highest BCUT2D eigenvalue weighted by molar-refractivity contribution is 5.89. The van der Waals surface area contributed by atoms with Gasteiger partial charge in [0.05, 0.1) is 17.3 Å². The molecule has 86 valence electrons. The van der Waals surface area contributed by atoms with E-state index in [1.165, 1.54) is 12.4 Å². The van der Waals surface area contributed by atoms with Crippen LogP contribution in [0.15, 0.2) is 42.9 Å². The van der Waals surface area contributed by atoms with Crippen LogP contribution in [0.5, 0.6) is 0 Å². The van der Waals surface area contributed by atoms with Crippen LogP contribution >= 0.6 is 0 Å². The highest BCUT2D eigenvalue weighted by atomic mass is 16.4. The van der Waals surface area contributed by atoms with Crippen molar-refractivity contribution in [2.24, 2.45) is 5.73 Å². The number of hydrogen-bond donors (Lipinski definition) is 2. The van der Waals surface area contributed by atoms with Gasteiger partial charge in [0, 0.05) is 6.20 Å². The van der Waals surface area contributed by atoms with Gasteiger partial charge in [-0.15, -0.1) is 0 Å². The molecular formula is C12H11N3O2. The number of aromatic carboxylic acids is 1. The average Bonchev–Trinajstić information content (AvgIpc) is 2.39. The first-order chi connectivity index (χ1) is 8.20. The Morgan fingerprint density at radius 3 is 2.71 bits per heavy atom. The zero-order chi connectivity index (χ0) is 12.3. The maximum atomic E-state index is 11.1. The number of hydrogen-bond acceptors (Lipinski definition) is 4. The van der Waals surface area contributed by atoms with E-state index < -0.39 is 12.0 Å². The smallest absolute Gasteiger partial charge is 0.336 e. The summed E-state index contributed by atoms with van der Waals surface area (Å²) in [4.78, 5) is 18.9. The summed E-state index contributed by atoms with van der Waals surface area (Å²) in [5.74, 6) is -0.995. The number of carboxylic acid groups (broad SMARTS) is 1. The molecule has 0 radical (unpaired) electrons. The molecule has 5 nitrogen and oxygen atoms in total. The first-order valence-corrected chi connectivity index (χ1v) is 5.04. The van der Waals surface area contributed by atoms with E-state index in [9.17, 15) is 4.79 Å². The van der Waals surface area contributed by atoms with E-state index in [4.69, 9.17) is 10.8 Å². The van der Waals surface area contributed by atoms with E-state index in [-0.39, 0.29) is 5.56 Å². The van der Waals surface area contributed by atoms with Crippen molar-refractivity contribution in [3.63, 3.8) is 0 Å². The summed E-state index contributed by atoms with van der Waals surface area (Å²) in [6, 6.07) is 7.74. The lowest BCUT2D eigenvalue weighted by Crippen LogP contribution is -2.17. The van der Waals surface area contributed by atoms with Crippen LogP contribution in [0.3, 0.4) is 0 Å². The summed E-state index contributed by atoms with van der Waals surface area (Å²) < 4.78 is 0. The van der Waals surface area contributed by atoms with Crippen LogP contribution in [-0.2, 0) is 0 Å². The highest BCUT2D eigenvalue weighted by Gasteiger charge is 2.17. The van der Waals surface area contributed by atoms with Crippen LogP contribution in [0.25, 0.3) is 0 Å². The van der Waals surface area contributed by atoms with Gasteiger partial charge in [0.1, 0.15) is 6.33 Å². The predicted octanol–water partition coefficient (Wildman–Crippen LogP) is 1.22. The summed E-state index contributed by atoms with van der Waals surface area (Å²) in [5, 5.41) is 9.07. The number of nitrogens with two attached hydrogens (primary N) is 1. The van der Waals surface area contributed by atoms with Crippen molar-refractivity contribution < 1.29 is 9.90 Å². The summed E-state index contributed by atoms with van der Waals surface area (Å²) in [6.07, 6.45) is 2.96. The lowest BCUT2D eigenvalue weighted by Gasteiger charge is -2.13. The Bertz CT molecular complexity index is 528. The fourth-order valence-corrected chi connectivity index (χ4v) is 1.61. The van der Waals surface area contributed by atoms with E-state index >= 15 is 0 Å². The lowest BCUT2D eigenvalue weighted by molar-refractivity contribution is 0.0695. The summed E-state index contributed by atoms with van der Waals surface area (Å²) >= 11 is 0. The maximum absolute atomic E-state index is 11.1. The molecule has 0 saturated carbocycles. The van der Waals surface area contributed by atoms with Crippen LogP contribution in [0.2, 0.25) is 0 Å². The molecule has 0 aliphatic rings. The molecule has 2 rings (SSSR count). The van der Waals surface area contributed by atoms with E-state index in [0.29, 0.717) is 11.3 Å². The number of carboxylic acids is 1. The van der Waals surface area contributed by atoms with Crippen LogP contribution < -0.4 is 5.73 Å². The zero-order valence-corrected chi connectivity index (χ0v) is 8.95. The molecule has 5 heteroatoms. The van der Waals surface area contributed by atoms with Crippen molar-refractivity contribution in [3.05, 3.63) is 59.7 Å². The molecule has 2 aromatic rings. The lowest BCUT2D eigenvalue weighted by atomic mass is 9.98. The molecule has 1 atom stereocenters. The number of rotatable bonds is 3. The minimum atomic E-state index is -0.995. The van der Waals surface area contributed by atoms with E-state index in [0.717, 1.165) is 0 Å². The standard InChI is InChI=1S/C12H11N3O2/c13-11(10-5-6-14-7-15-10)8-3-1-2-4-9(8)12(16)17/h1-7,11H,13H2,(H,16,17). The second kappa shape index (κ2) is 4.71. The minimum Gasteiger partial charge on any atom is -0.478 e. The maximum Gasteiger partial charge on any atom is 0.336 e. The Kier molecular flexibility index (Phi) is 3.11. The highest BCUT2D eigenvalue weighted by Crippen LogP contribution is 2.20. The van der Waals surface area contributed by atoms with Gasteiger partial charge in [0.25, 0.3) is 0 Å². The average molecular weight is 229 g/mol. The Hall–Kier alpha value is -2.27. The number of benzene rings is 1. The van der Waals surface area contributed by atoms with Gasteiger partial charge in [0.2, 0.25) is 0 Å². The molecule has 0 aliphatic carbocycles. The molecule has 0 amide bonds. The first kappa shape index (κ1) is 11.2. The second-order valence-corrected chi connectivity index (χ2v) is 3.50. The Balaban J connectivity index is 2.44. The molecular weight excluding hydrogens is 218 g/mol. The number of carbonyl (C=O) groups is 1. The van der Waals surface area contributed by atoms with Crippen molar-refractivity contribution in [1.82, 2.24) is 9.97 Å². The topological polar surface area (TPSA) is 89.1 Å². The Morgan fingerprint density at radius 2 is 2.06 bits per heavy atom. The minimum absolute atomic E-state index is 0.193. The van der Waals surface area contributed by atoms with Gasteiger partial charge in [-0.25, -0.2) is 14.8 Å². The van der Waals surface area contributed by atoms with Crippen molar-refractivity contribution in [1.29, 1.82) is 0 Å². The Morgan fingerprint density at radius 1 is 1.29 bits per heavy atom. The van der Waals surface area contributed by atoms with Crippen molar-refractivity contribution >= 4 is 5.97 Å². The number of nitrogens with zero attached hydrogens (tertiary/aromatic N) is 2. The molecule has 1 aromatic carbocycles. The molecule has 0 fully saturated rings. The van der Waals surface area contributed by atoms with Crippen LogP contribution in [0.1, 0.15) is 27.7 Å². The van der Waals surface area contributed by atoms with Gasteiger partial charge in [-0.05, 0) is 17.7 Å². The largest absolute Gasteiger partial charge is 0.478 e. The van der Waals surface area contributed by atoms with Gasteiger partial charge in [-0.3, -0.25) is 0 Å². The van der Waals surface area contributed by atoms with Crippen molar-refractivity contribution in [3.8, 4) is 0 Å². The van der Waals surface area contributed by atoms with E-state index in [1.807, 2.05) is 0 Å². The quantitative estimate of drug-likeness (QED) is 0.826. The van der Waals surface area contributed by atoms with E-state index in [2.05, 4.69) is 9.97 Å². The fraction of sp³-hybridized carbons (Fsp3) is 0.0833. The van der Waals surface area contributed by atoms with Crippen LogP contribution in [-0.4, -0.2) is 21.0 Å². The molecule has 0 aliphatic heterocycles. The van der Waals surface area contributed by atoms with Gasteiger partial charge in [-0.1, -0.05) is 18.2 Å². The molecule has 1 unspecified atom stereocenters. The third-order valence-electron chi connectivity index (χ3n) is 2.45. The summed E-state index contributed by atoms with van der Waals surface area (Å²) in [5.41, 5.74) is 7.33. The van der Waals surface area contributed by atoms with Crippen LogP contribution in [0, 0.1) is 0 Å².